The van der Waals surface area contributed by atoms with Gasteiger partial charge in [0.25, 0.3) is 0 Å². The third-order valence-corrected chi connectivity index (χ3v) is 3.55. The van der Waals surface area contributed by atoms with Crippen molar-refractivity contribution in [3.05, 3.63) is 71.9 Å². The number of esters is 1. The first-order valence-electron chi connectivity index (χ1n) is 8.36. The van der Waals surface area contributed by atoms with Gasteiger partial charge in [0.05, 0.1) is 12.2 Å². The van der Waals surface area contributed by atoms with Crippen molar-refractivity contribution in [3.8, 4) is 0 Å². The first kappa shape index (κ1) is 17.4. The molecule has 26 heavy (non-hydrogen) atoms. The summed E-state index contributed by atoms with van der Waals surface area (Å²) in [6.45, 7) is 4.05. The maximum atomic E-state index is 11.7. The van der Waals surface area contributed by atoms with Crippen molar-refractivity contribution in [2.45, 2.75) is 13.8 Å². The second kappa shape index (κ2) is 8.11. The van der Waals surface area contributed by atoms with Crippen LogP contribution in [0.2, 0.25) is 0 Å². The minimum Gasteiger partial charge on any atom is -0.462 e. The number of nitrogens with zero attached hydrogens (tertiary/aromatic N) is 2. The van der Waals surface area contributed by atoms with Gasteiger partial charge in [-0.2, -0.15) is 4.98 Å². The highest BCUT2D eigenvalue weighted by atomic mass is 16.5. The van der Waals surface area contributed by atoms with Gasteiger partial charge in [-0.3, -0.25) is 0 Å². The molecule has 0 saturated carbocycles. The quantitative estimate of drug-likeness (QED) is 0.641. The molecular formula is C20H20N4O2. The third-order valence-electron chi connectivity index (χ3n) is 3.55. The number of para-hydroxylation sites is 1. The fourth-order valence-corrected chi connectivity index (χ4v) is 2.39. The lowest BCUT2D eigenvalue weighted by Crippen LogP contribution is -2.05. The van der Waals surface area contributed by atoms with E-state index in [2.05, 4.69) is 20.6 Å². The minimum atomic E-state index is -0.328. The van der Waals surface area contributed by atoms with Gasteiger partial charge >= 0.3 is 5.97 Å². The summed E-state index contributed by atoms with van der Waals surface area (Å²) in [4.78, 5) is 20.6. The molecule has 0 bridgehead atoms. The van der Waals surface area contributed by atoms with E-state index >= 15 is 0 Å². The normalized spacial score (nSPS) is 10.2. The zero-order valence-corrected chi connectivity index (χ0v) is 14.7. The van der Waals surface area contributed by atoms with Crippen LogP contribution in [0.3, 0.4) is 0 Å². The Morgan fingerprint density at radius 2 is 1.65 bits per heavy atom. The van der Waals surface area contributed by atoms with Crippen LogP contribution < -0.4 is 10.6 Å². The molecule has 1 heterocycles. The maximum Gasteiger partial charge on any atom is 0.338 e. The maximum absolute atomic E-state index is 11.7. The minimum absolute atomic E-state index is 0.328. The lowest BCUT2D eigenvalue weighted by atomic mass is 10.2. The van der Waals surface area contributed by atoms with E-state index < -0.39 is 0 Å². The van der Waals surface area contributed by atoms with Crippen LogP contribution in [0.5, 0.6) is 0 Å². The second-order valence-electron chi connectivity index (χ2n) is 5.63. The van der Waals surface area contributed by atoms with Crippen molar-refractivity contribution >= 4 is 29.1 Å². The van der Waals surface area contributed by atoms with Crippen LogP contribution in [0, 0.1) is 6.92 Å². The van der Waals surface area contributed by atoms with Gasteiger partial charge in [0.15, 0.2) is 0 Å². The van der Waals surface area contributed by atoms with Gasteiger partial charge in [0.2, 0.25) is 5.95 Å². The van der Waals surface area contributed by atoms with E-state index in [1.54, 1.807) is 19.1 Å². The molecule has 0 amide bonds. The number of benzene rings is 2. The summed E-state index contributed by atoms with van der Waals surface area (Å²) in [6.07, 6.45) is 0. The van der Waals surface area contributed by atoms with Crippen LogP contribution in [0.25, 0.3) is 0 Å². The molecule has 6 nitrogen and oxygen atoms in total. The fraction of sp³-hybridized carbons (Fsp3) is 0.150. The van der Waals surface area contributed by atoms with Crippen molar-refractivity contribution in [3.63, 3.8) is 0 Å². The molecule has 0 saturated heterocycles. The average molecular weight is 348 g/mol. The molecule has 132 valence electrons. The van der Waals surface area contributed by atoms with Crippen LogP contribution in [0.1, 0.15) is 23.0 Å². The molecule has 0 atom stereocenters. The molecule has 0 aliphatic carbocycles. The second-order valence-corrected chi connectivity index (χ2v) is 5.63. The molecule has 0 aliphatic heterocycles. The summed E-state index contributed by atoms with van der Waals surface area (Å²) in [5.41, 5.74) is 3.09. The predicted octanol–water partition coefficient (Wildman–Crippen LogP) is 4.45. The summed E-state index contributed by atoms with van der Waals surface area (Å²) in [6, 6.07) is 18.7. The van der Waals surface area contributed by atoms with E-state index in [1.165, 1.54) is 0 Å². The Morgan fingerprint density at radius 3 is 2.35 bits per heavy atom. The zero-order chi connectivity index (χ0) is 18.4. The summed E-state index contributed by atoms with van der Waals surface area (Å²) in [5, 5.41) is 6.41. The lowest BCUT2D eigenvalue weighted by Gasteiger charge is -2.10. The van der Waals surface area contributed by atoms with Gasteiger partial charge < -0.3 is 15.4 Å². The van der Waals surface area contributed by atoms with Gasteiger partial charge in [0, 0.05) is 23.1 Å². The van der Waals surface area contributed by atoms with E-state index in [0.717, 1.165) is 17.1 Å². The number of anilines is 4. The topological polar surface area (TPSA) is 76.1 Å². The van der Waals surface area contributed by atoms with Gasteiger partial charge in [-0.05, 0) is 50.2 Å². The van der Waals surface area contributed by atoms with Crippen LogP contribution in [-0.4, -0.2) is 22.5 Å². The molecule has 2 N–H and O–H groups in total. The summed E-state index contributed by atoms with van der Waals surface area (Å²) >= 11 is 0. The first-order chi connectivity index (χ1) is 12.6. The molecule has 2 aromatic carbocycles. The Labute approximate surface area is 152 Å². The molecule has 3 rings (SSSR count). The van der Waals surface area contributed by atoms with Crippen molar-refractivity contribution in [1.29, 1.82) is 0 Å². The van der Waals surface area contributed by atoms with Crippen molar-refractivity contribution in [2.75, 3.05) is 17.2 Å². The van der Waals surface area contributed by atoms with Crippen LogP contribution in [0.15, 0.2) is 60.7 Å². The first-order valence-corrected chi connectivity index (χ1v) is 8.36. The zero-order valence-electron chi connectivity index (χ0n) is 14.7. The number of aryl methyl sites for hydroxylation is 1. The van der Waals surface area contributed by atoms with Crippen LogP contribution in [0.4, 0.5) is 23.1 Å². The van der Waals surface area contributed by atoms with E-state index in [0.29, 0.717) is 23.9 Å². The molecule has 0 spiro atoms. The van der Waals surface area contributed by atoms with Crippen LogP contribution in [-0.2, 0) is 4.74 Å². The fourth-order valence-electron chi connectivity index (χ4n) is 2.39. The summed E-state index contributed by atoms with van der Waals surface area (Å²) < 4.78 is 4.99. The lowest BCUT2D eigenvalue weighted by molar-refractivity contribution is 0.0526. The summed E-state index contributed by atoms with van der Waals surface area (Å²) in [7, 11) is 0. The number of aromatic nitrogens is 2. The van der Waals surface area contributed by atoms with Gasteiger partial charge in [-0.15, -0.1) is 0 Å². The van der Waals surface area contributed by atoms with E-state index in [9.17, 15) is 4.79 Å². The molecule has 0 fully saturated rings. The van der Waals surface area contributed by atoms with Crippen molar-refractivity contribution < 1.29 is 9.53 Å². The molecular weight excluding hydrogens is 328 g/mol. The monoisotopic (exact) mass is 348 g/mol. The predicted molar refractivity (Wildman–Crippen MR) is 102 cm³/mol. The highest BCUT2D eigenvalue weighted by Crippen LogP contribution is 2.19. The largest absolute Gasteiger partial charge is 0.462 e. The number of hydrogen-bond acceptors (Lipinski definition) is 6. The van der Waals surface area contributed by atoms with Crippen molar-refractivity contribution in [1.82, 2.24) is 9.97 Å². The Bertz CT molecular complexity index is 880. The summed E-state index contributed by atoms with van der Waals surface area (Å²) in [5.74, 6) is 0.855. The Hall–Kier alpha value is -3.41. The van der Waals surface area contributed by atoms with Crippen LogP contribution >= 0.6 is 0 Å². The molecule has 0 radical (unpaired) electrons. The molecule has 3 aromatic rings. The van der Waals surface area contributed by atoms with Gasteiger partial charge in [-0.25, -0.2) is 9.78 Å². The number of nitrogens with one attached hydrogen (secondary N) is 2. The molecule has 0 aliphatic rings. The number of hydrogen-bond donors (Lipinski definition) is 2. The highest BCUT2D eigenvalue weighted by molar-refractivity contribution is 5.89. The highest BCUT2D eigenvalue weighted by Gasteiger charge is 2.07. The third kappa shape index (κ3) is 4.57. The smallest absolute Gasteiger partial charge is 0.338 e. The van der Waals surface area contributed by atoms with E-state index in [1.807, 2.05) is 55.5 Å². The van der Waals surface area contributed by atoms with Gasteiger partial charge in [-0.1, -0.05) is 18.2 Å². The molecule has 6 heteroatoms. The Balaban J connectivity index is 1.74. The Morgan fingerprint density at radius 1 is 0.962 bits per heavy atom. The Kier molecular flexibility index (Phi) is 5.43. The molecule has 0 unspecified atom stereocenters. The molecule has 1 aromatic heterocycles. The van der Waals surface area contributed by atoms with E-state index in [4.69, 9.17) is 4.74 Å². The SMILES string of the molecule is CCOC(=O)c1ccc(Nc2cc(C)nc(Nc3ccccc3)n2)cc1. The standard InChI is InChI=1S/C20H20N4O2/c1-3-26-19(25)15-9-11-17(12-10-15)22-18-13-14(2)21-20(24-18)23-16-7-5-4-6-8-16/h4-13H,3H2,1-2H3,(H2,21,22,23,24). The average Bonchev–Trinajstić information content (AvgIpc) is 2.63. The number of carbonyl (C=O) groups is 1. The van der Waals surface area contributed by atoms with E-state index in [-0.39, 0.29) is 5.97 Å². The number of rotatable bonds is 6. The van der Waals surface area contributed by atoms with Gasteiger partial charge in [0.1, 0.15) is 5.82 Å². The number of ether oxygens (including phenoxy) is 1. The number of carbonyl (C=O) groups excluding carboxylic acids is 1. The van der Waals surface area contributed by atoms with Crippen molar-refractivity contribution in [2.24, 2.45) is 0 Å².